The lowest BCUT2D eigenvalue weighted by Crippen LogP contribution is -2.50. The minimum Gasteiger partial charge on any atom is -0.465 e. The quantitative estimate of drug-likeness (QED) is 0.779. The number of rotatable bonds is 6. The third-order valence-electron chi connectivity index (χ3n) is 5.57. The zero-order valence-corrected chi connectivity index (χ0v) is 15.6. The number of nitrogens with one attached hydrogen (secondary N) is 1. The van der Waals surface area contributed by atoms with Crippen molar-refractivity contribution in [3.63, 3.8) is 0 Å². The second kappa shape index (κ2) is 8.66. The van der Waals surface area contributed by atoms with Crippen LogP contribution in [-0.2, 0) is 20.8 Å². The summed E-state index contributed by atoms with van der Waals surface area (Å²) in [5.74, 6) is 1.25. The predicted octanol–water partition coefficient (Wildman–Crippen LogP) is 2.02. The first kappa shape index (κ1) is 18.9. The van der Waals surface area contributed by atoms with E-state index in [0.717, 1.165) is 25.9 Å². The Morgan fingerprint density at radius 3 is 2.77 bits per heavy atom. The van der Waals surface area contributed by atoms with E-state index >= 15 is 0 Å². The van der Waals surface area contributed by atoms with Crippen LogP contribution in [0.3, 0.4) is 0 Å². The van der Waals surface area contributed by atoms with Gasteiger partial charge >= 0.3 is 11.9 Å². The number of imidazole rings is 1. The van der Waals surface area contributed by atoms with Crippen LogP contribution in [0.2, 0.25) is 0 Å². The summed E-state index contributed by atoms with van der Waals surface area (Å²) >= 11 is 0. The molecule has 1 aromatic heterocycles. The number of esters is 2. The van der Waals surface area contributed by atoms with Gasteiger partial charge in [-0.05, 0) is 63.8 Å². The minimum absolute atomic E-state index is 0.123. The van der Waals surface area contributed by atoms with Gasteiger partial charge in [-0.15, -0.1) is 0 Å². The van der Waals surface area contributed by atoms with Crippen molar-refractivity contribution in [1.82, 2.24) is 14.9 Å². The highest BCUT2D eigenvalue weighted by Crippen LogP contribution is 2.39. The first-order chi connectivity index (χ1) is 12.6. The van der Waals surface area contributed by atoms with E-state index in [1.807, 2.05) is 11.5 Å². The van der Waals surface area contributed by atoms with Gasteiger partial charge in [-0.25, -0.2) is 9.78 Å². The van der Waals surface area contributed by atoms with E-state index in [9.17, 15) is 9.59 Å². The number of nitrogens with zero attached hydrogens (tertiary/aromatic N) is 2. The summed E-state index contributed by atoms with van der Waals surface area (Å²) in [6, 6.07) is -0.168. The molecule has 1 aromatic rings. The maximum Gasteiger partial charge on any atom is 0.358 e. The molecule has 1 N–H and O–H groups in total. The lowest BCUT2D eigenvalue weighted by Gasteiger charge is -2.42. The molecule has 0 spiro atoms. The van der Waals surface area contributed by atoms with E-state index in [4.69, 9.17) is 9.47 Å². The van der Waals surface area contributed by atoms with Crippen LogP contribution in [0.5, 0.6) is 0 Å². The summed E-state index contributed by atoms with van der Waals surface area (Å²) in [5, 5.41) is 3.35. The van der Waals surface area contributed by atoms with Crippen LogP contribution in [0, 0.1) is 17.8 Å². The first-order valence-electron chi connectivity index (χ1n) is 9.69. The van der Waals surface area contributed by atoms with E-state index in [-0.39, 0.29) is 18.0 Å². The Hall–Kier alpha value is -1.89. The fraction of sp³-hybridized carbons (Fsp3) is 0.737. The molecule has 0 amide bonds. The molecule has 4 atom stereocenters. The molecule has 0 aromatic carbocycles. The lowest BCUT2D eigenvalue weighted by molar-refractivity contribution is -0.147. The lowest BCUT2D eigenvalue weighted by atomic mass is 9.69. The number of carbonyl (C=O) groups is 2. The van der Waals surface area contributed by atoms with Crippen molar-refractivity contribution in [2.45, 2.75) is 52.1 Å². The van der Waals surface area contributed by atoms with Crippen molar-refractivity contribution in [3.8, 4) is 0 Å². The maximum absolute atomic E-state index is 12.0. The molecule has 3 rings (SSSR count). The number of ether oxygens (including phenoxy) is 2. The molecule has 2 heterocycles. The van der Waals surface area contributed by atoms with Crippen LogP contribution < -0.4 is 5.32 Å². The van der Waals surface area contributed by atoms with Gasteiger partial charge in [0, 0.05) is 12.7 Å². The fourth-order valence-corrected chi connectivity index (χ4v) is 4.32. The number of carbonyl (C=O) groups excluding carboxylic acids is 2. The largest absolute Gasteiger partial charge is 0.465 e. The Labute approximate surface area is 154 Å². The highest BCUT2D eigenvalue weighted by molar-refractivity contribution is 5.86. The van der Waals surface area contributed by atoms with E-state index in [1.165, 1.54) is 12.8 Å². The van der Waals surface area contributed by atoms with Gasteiger partial charge < -0.3 is 19.4 Å². The van der Waals surface area contributed by atoms with Crippen molar-refractivity contribution in [3.05, 3.63) is 18.2 Å². The number of fused-ring (bicyclic) bond motifs is 1. The molecule has 26 heavy (non-hydrogen) atoms. The maximum atomic E-state index is 12.0. The molecule has 7 heteroatoms. The fourth-order valence-electron chi connectivity index (χ4n) is 4.32. The molecule has 1 aliphatic carbocycles. The van der Waals surface area contributed by atoms with Crippen LogP contribution >= 0.6 is 0 Å². The van der Waals surface area contributed by atoms with Crippen molar-refractivity contribution in [1.29, 1.82) is 0 Å². The van der Waals surface area contributed by atoms with Crippen LogP contribution in [0.25, 0.3) is 0 Å². The summed E-state index contributed by atoms with van der Waals surface area (Å²) in [6.45, 7) is 6.17. The van der Waals surface area contributed by atoms with Gasteiger partial charge in [0.1, 0.15) is 6.04 Å². The molecule has 2 aliphatic rings. The summed E-state index contributed by atoms with van der Waals surface area (Å²) in [5.41, 5.74) is 0.366. The van der Waals surface area contributed by atoms with E-state index in [0.29, 0.717) is 36.7 Å². The Morgan fingerprint density at radius 1 is 1.19 bits per heavy atom. The van der Waals surface area contributed by atoms with Gasteiger partial charge in [0.05, 0.1) is 19.5 Å². The molecule has 2 fully saturated rings. The van der Waals surface area contributed by atoms with E-state index in [1.54, 1.807) is 19.4 Å². The average molecular weight is 363 g/mol. The Morgan fingerprint density at radius 2 is 2.00 bits per heavy atom. The highest BCUT2D eigenvalue weighted by atomic mass is 16.5. The molecule has 7 nitrogen and oxygen atoms in total. The Kier molecular flexibility index (Phi) is 6.29. The van der Waals surface area contributed by atoms with Crippen molar-refractivity contribution in [2.75, 3.05) is 19.8 Å². The Bertz CT molecular complexity index is 630. The second-order valence-electron chi connectivity index (χ2n) is 7.32. The van der Waals surface area contributed by atoms with Crippen LogP contribution in [-0.4, -0.2) is 47.3 Å². The molecular formula is C19H29N3O4. The Balaban J connectivity index is 1.55. The summed E-state index contributed by atoms with van der Waals surface area (Å²) in [6.07, 6.45) is 7.79. The standard InChI is InChI=1S/C19H29N3O4/c1-3-25-18(23)16-8-15-7-13(5-6-14(15)9-20-16)10-22-11-17(21-12-22)19(24)26-4-2/h11-16,20H,3-10H2,1-2H3. The normalized spacial score (nSPS) is 28.2. The molecule has 1 saturated carbocycles. The van der Waals surface area contributed by atoms with Gasteiger partial charge in [0.2, 0.25) is 0 Å². The molecule has 1 saturated heterocycles. The zero-order chi connectivity index (χ0) is 18.5. The molecule has 1 aliphatic heterocycles. The van der Waals surface area contributed by atoms with Crippen LogP contribution in [0.4, 0.5) is 0 Å². The van der Waals surface area contributed by atoms with E-state index < -0.39 is 0 Å². The van der Waals surface area contributed by atoms with Gasteiger partial charge in [-0.3, -0.25) is 4.79 Å². The monoisotopic (exact) mass is 363 g/mol. The van der Waals surface area contributed by atoms with Crippen molar-refractivity contribution < 1.29 is 19.1 Å². The summed E-state index contributed by atoms with van der Waals surface area (Å²) < 4.78 is 12.1. The van der Waals surface area contributed by atoms with Crippen LogP contribution in [0.15, 0.2) is 12.5 Å². The van der Waals surface area contributed by atoms with Crippen LogP contribution in [0.1, 0.15) is 50.0 Å². The van der Waals surface area contributed by atoms with Crippen molar-refractivity contribution in [2.24, 2.45) is 17.8 Å². The third-order valence-corrected chi connectivity index (χ3v) is 5.57. The molecule has 0 radical (unpaired) electrons. The SMILES string of the molecule is CCOC(=O)c1cn(CC2CCC3CNC(C(=O)OCC)CC3C2)cn1. The molecular weight excluding hydrogens is 334 g/mol. The summed E-state index contributed by atoms with van der Waals surface area (Å²) in [7, 11) is 0. The van der Waals surface area contributed by atoms with E-state index in [2.05, 4.69) is 10.3 Å². The second-order valence-corrected chi connectivity index (χ2v) is 7.32. The zero-order valence-electron chi connectivity index (χ0n) is 15.6. The molecule has 0 bridgehead atoms. The number of hydrogen-bond acceptors (Lipinski definition) is 6. The number of aromatic nitrogens is 2. The average Bonchev–Trinajstić information content (AvgIpc) is 3.10. The van der Waals surface area contributed by atoms with Gasteiger partial charge in [0.15, 0.2) is 5.69 Å². The number of piperidine rings is 1. The first-order valence-corrected chi connectivity index (χ1v) is 9.69. The molecule has 144 valence electrons. The van der Waals surface area contributed by atoms with Gasteiger partial charge in [-0.2, -0.15) is 0 Å². The molecule has 4 unspecified atom stereocenters. The van der Waals surface area contributed by atoms with Gasteiger partial charge in [0.25, 0.3) is 0 Å². The third kappa shape index (κ3) is 4.44. The topological polar surface area (TPSA) is 82.5 Å². The summed E-state index contributed by atoms with van der Waals surface area (Å²) in [4.78, 5) is 27.9. The number of hydrogen-bond donors (Lipinski definition) is 1. The minimum atomic E-state index is -0.370. The highest BCUT2D eigenvalue weighted by Gasteiger charge is 2.38. The predicted molar refractivity (Wildman–Crippen MR) is 95.5 cm³/mol. The van der Waals surface area contributed by atoms with Gasteiger partial charge in [-0.1, -0.05) is 0 Å². The smallest absolute Gasteiger partial charge is 0.358 e. The van der Waals surface area contributed by atoms with Crippen molar-refractivity contribution >= 4 is 11.9 Å².